The van der Waals surface area contributed by atoms with Crippen LogP contribution in [0.5, 0.6) is 0 Å². The van der Waals surface area contributed by atoms with E-state index in [2.05, 4.69) is 21.2 Å². The molecule has 0 saturated carbocycles. The van der Waals surface area contributed by atoms with E-state index in [0.29, 0.717) is 12.8 Å². The van der Waals surface area contributed by atoms with Crippen LogP contribution in [-0.2, 0) is 11.2 Å². The van der Waals surface area contributed by atoms with Gasteiger partial charge in [0.2, 0.25) is 5.91 Å². The predicted octanol–water partition coefficient (Wildman–Crippen LogP) is 1.88. The number of aliphatic hydroxyl groups excluding tert-OH is 1. The Labute approximate surface area is 104 Å². The van der Waals surface area contributed by atoms with E-state index >= 15 is 0 Å². The van der Waals surface area contributed by atoms with Crippen molar-refractivity contribution in [2.75, 3.05) is 6.61 Å². The molecule has 0 heterocycles. The minimum absolute atomic E-state index is 0.0139. The molecule has 88 valence electrons. The summed E-state index contributed by atoms with van der Waals surface area (Å²) in [7, 11) is 0. The highest BCUT2D eigenvalue weighted by Crippen LogP contribution is 2.16. The summed E-state index contributed by atoms with van der Waals surface area (Å²) < 4.78 is 0.944. The molecule has 0 bridgehead atoms. The highest BCUT2D eigenvalue weighted by molar-refractivity contribution is 9.10. The van der Waals surface area contributed by atoms with E-state index in [4.69, 9.17) is 5.11 Å². The summed E-state index contributed by atoms with van der Waals surface area (Å²) in [6, 6.07) is 7.67. The molecule has 1 unspecified atom stereocenters. The van der Waals surface area contributed by atoms with Crippen molar-refractivity contribution in [3.05, 3.63) is 34.3 Å². The molecule has 0 spiro atoms. The van der Waals surface area contributed by atoms with Crippen LogP contribution in [0, 0.1) is 0 Å². The van der Waals surface area contributed by atoms with Crippen LogP contribution in [0.3, 0.4) is 0 Å². The van der Waals surface area contributed by atoms with Crippen molar-refractivity contribution in [1.29, 1.82) is 0 Å². The fourth-order valence-corrected chi connectivity index (χ4v) is 1.83. The first-order valence-corrected chi connectivity index (χ1v) is 6.06. The van der Waals surface area contributed by atoms with E-state index in [9.17, 15) is 4.79 Å². The minimum Gasteiger partial charge on any atom is -0.396 e. The van der Waals surface area contributed by atoms with Crippen molar-refractivity contribution in [3.63, 3.8) is 0 Å². The van der Waals surface area contributed by atoms with Crippen LogP contribution in [0.2, 0.25) is 0 Å². The average Bonchev–Trinajstić information content (AvgIpc) is 2.21. The van der Waals surface area contributed by atoms with E-state index in [1.165, 1.54) is 0 Å². The molecule has 4 heteroatoms. The Bertz CT molecular complexity index is 355. The molecular weight excluding hydrogens is 270 g/mol. The van der Waals surface area contributed by atoms with Crippen molar-refractivity contribution in [3.8, 4) is 0 Å². The van der Waals surface area contributed by atoms with Gasteiger partial charge in [-0.05, 0) is 25.0 Å². The normalized spacial score (nSPS) is 12.2. The fraction of sp³-hybridized carbons (Fsp3) is 0.417. The van der Waals surface area contributed by atoms with E-state index in [1.807, 2.05) is 31.2 Å². The number of aliphatic hydroxyl groups is 1. The second kappa shape index (κ2) is 6.66. The third-order valence-electron chi connectivity index (χ3n) is 2.28. The van der Waals surface area contributed by atoms with Gasteiger partial charge in [0.1, 0.15) is 0 Å². The molecule has 1 atom stereocenters. The number of hydrogen-bond donors (Lipinski definition) is 2. The summed E-state index contributed by atoms with van der Waals surface area (Å²) in [4.78, 5) is 11.6. The molecule has 1 aromatic rings. The molecule has 0 aliphatic carbocycles. The van der Waals surface area contributed by atoms with Gasteiger partial charge in [0, 0.05) is 17.1 Å². The molecule has 16 heavy (non-hydrogen) atoms. The van der Waals surface area contributed by atoms with E-state index in [1.54, 1.807) is 0 Å². The Morgan fingerprint density at radius 2 is 2.19 bits per heavy atom. The smallest absolute Gasteiger partial charge is 0.224 e. The fourth-order valence-electron chi connectivity index (χ4n) is 1.41. The topological polar surface area (TPSA) is 49.3 Å². The molecule has 3 nitrogen and oxygen atoms in total. The minimum atomic E-state index is -0.0205. The first kappa shape index (κ1) is 13.2. The Morgan fingerprint density at radius 3 is 2.81 bits per heavy atom. The lowest BCUT2D eigenvalue weighted by Gasteiger charge is -2.12. The van der Waals surface area contributed by atoms with Crippen LogP contribution in [0.25, 0.3) is 0 Å². The van der Waals surface area contributed by atoms with Gasteiger partial charge in [-0.1, -0.05) is 34.1 Å². The van der Waals surface area contributed by atoms with Crippen molar-refractivity contribution in [2.24, 2.45) is 0 Å². The summed E-state index contributed by atoms with van der Waals surface area (Å²) in [6.45, 7) is 1.98. The zero-order valence-corrected chi connectivity index (χ0v) is 10.8. The van der Waals surface area contributed by atoms with Crippen LogP contribution in [0.15, 0.2) is 28.7 Å². The Balaban J connectivity index is 2.49. The monoisotopic (exact) mass is 285 g/mol. The van der Waals surface area contributed by atoms with Crippen LogP contribution < -0.4 is 5.32 Å². The Hall–Kier alpha value is -0.870. The van der Waals surface area contributed by atoms with Gasteiger partial charge in [-0.25, -0.2) is 0 Å². The average molecular weight is 286 g/mol. The van der Waals surface area contributed by atoms with Crippen LogP contribution in [0.4, 0.5) is 0 Å². The summed E-state index contributed by atoms with van der Waals surface area (Å²) >= 11 is 3.40. The molecule has 2 N–H and O–H groups in total. The maximum atomic E-state index is 11.6. The van der Waals surface area contributed by atoms with Gasteiger partial charge in [0.15, 0.2) is 0 Å². The molecule has 0 aliphatic rings. The molecule has 1 rings (SSSR count). The third kappa shape index (κ3) is 4.33. The Kier molecular flexibility index (Phi) is 5.49. The van der Waals surface area contributed by atoms with Gasteiger partial charge in [-0.2, -0.15) is 0 Å². The SMILES string of the molecule is CC(CCO)NC(=O)Cc1ccccc1Br. The second-order valence-electron chi connectivity index (χ2n) is 3.75. The standard InChI is InChI=1S/C12H16BrNO2/c1-9(6-7-15)14-12(16)8-10-4-2-3-5-11(10)13/h2-5,9,15H,6-8H2,1H3,(H,14,16). The van der Waals surface area contributed by atoms with Gasteiger partial charge < -0.3 is 10.4 Å². The molecule has 0 fully saturated rings. The lowest BCUT2D eigenvalue weighted by molar-refractivity contribution is -0.121. The predicted molar refractivity (Wildman–Crippen MR) is 67.2 cm³/mol. The lowest BCUT2D eigenvalue weighted by atomic mass is 10.1. The molecule has 0 aromatic heterocycles. The number of nitrogens with one attached hydrogen (secondary N) is 1. The summed E-state index contributed by atoms with van der Waals surface area (Å²) in [5.74, 6) is -0.0205. The highest BCUT2D eigenvalue weighted by atomic mass is 79.9. The number of amides is 1. The van der Waals surface area contributed by atoms with Crippen LogP contribution >= 0.6 is 15.9 Å². The van der Waals surface area contributed by atoms with Crippen molar-refractivity contribution >= 4 is 21.8 Å². The lowest BCUT2D eigenvalue weighted by Crippen LogP contribution is -2.34. The highest BCUT2D eigenvalue weighted by Gasteiger charge is 2.09. The molecular formula is C12H16BrNO2. The Morgan fingerprint density at radius 1 is 1.50 bits per heavy atom. The van der Waals surface area contributed by atoms with Gasteiger partial charge in [0.05, 0.1) is 6.42 Å². The third-order valence-corrected chi connectivity index (χ3v) is 3.05. The van der Waals surface area contributed by atoms with Gasteiger partial charge in [-0.15, -0.1) is 0 Å². The quantitative estimate of drug-likeness (QED) is 0.868. The van der Waals surface area contributed by atoms with Gasteiger partial charge in [-0.3, -0.25) is 4.79 Å². The number of carbonyl (C=O) groups is 1. The number of rotatable bonds is 5. The van der Waals surface area contributed by atoms with Crippen LogP contribution in [-0.4, -0.2) is 23.7 Å². The molecule has 0 saturated heterocycles. The summed E-state index contributed by atoms with van der Waals surface area (Å²) in [5.41, 5.74) is 0.969. The van der Waals surface area contributed by atoms with Crippen molar-refractivity contribution in [2.45, 2.75) is 25.8 Å². The van der Waals surface area contributed by atoms with Crippen molar-refractivity contribution < 1.29 is 9.90 Å². The maximum absolute atomic E-state index is 11.6. The maximum Gasteiger partial charge on any atom is 0.224 e. The van der Waals surface area contributed by atoms with Gasteiger partial charge in [0.25, 0.3) is 0 Å². The summed E-state index contributed by atoms with van der Waals surface area (Å²) in [6.07, 6.45) is 0.943. The zero-order chi connectivity index (χ0) is 12.0. The number of carbonyl (C=O) groups excluding carboxylic acids is 1. The summed E-state index contributed by atoms with van der Waals surface area (Å²) in [5, 5.41) is 11.6. The first-order valence-electron chi connectivity index (χ1n) is 5.27. The molecule has 0 aliphatic heterocycles. The molecule has 1 amide bonds. The van der Waals surface area contributed by atoms with E-state index < -0.39 is 0 Å². The zero-order valence-electron chi connectivity index (χ0n) is 9.24. The molecule has 1 aromatic carbocycles. The van der Waals surface area contributed by atoms with Gasteiger partial charge >= 0.3 is 0 Å². The van der Waals surface area contributed by atoms with E-state index in [-0.39, 0.29) is 18.6 Å². The molecule has 0 radical (unpaired) electrons. The largest absolute Gasteiger partial charge is 0.396 e. The first-order chi connectivity index (χ1) is 7.63. The second-order valence-corrected chi connectivity index (χ2v) is 4.60. The van der Waals surface area contributed by atoms with Crippen molar-refractivity contribution in [1.82, 2.24) is 5.32 Å². The number of hydrogen-bond acceptors (Lipinski definition) is 2. The van der Waals surface area contributed by atoms with Crippen LogP contribution in [0.1, 0.15) is 18.9 Å². The number of halogens is 1. The number of benzene rings is 1. The van der Waals surface area contributed by atoms with E-state index in [0.717, 1.165) is 10.0 Å².